The van der Waals surface area contributed by atoms with Gasteiger partial charge in [0.25, 0.3) is 0 Å². The Morgan fingerprint density at radius 3 is 1.65 bits per heavy atom. The van der Waals surface area contributed by atoms with Gasteiger partial charge in [0.2, 0.25) is 0 Å². The van der Waals surface area contributed by atoms with Gasteiger partial charge in [-0.2, -0.15) is 0 Å². The fourth-order valence-corrected chi connectivity index (χ4v) is 9.87. The van der Waals surface area contributed by atoms with Crippen molar-refractivity contribution >= 4 is 35.5 Å². The molecule has 2 heterocycles. The Morgan fingerprint density at radius 1 is 0.388 bits per heavy atom. The first-order valence-corrected chi connectivity index (χ1v) is 19.6. The van der Waals surface area contributed by atoms with Gasteiger partial charge in [-0.25, -0.2) is 0 Å². The summed E-state index contributed by atoms with van der Waals surface area (Å²) in [6, 6.07) is 56.8. The largest absolute Gasteiger partial charge is 0.455 e. The van der Waals surface area contributed by atoms with Gasteiger partial charge in [-0.3, -0.25) is 0 Å². The molecule has 0 atom stereocenters. The summed E-state index contributed by atoms with van der Waals surface area (Å²) in [5, 5.41) is 2.56. The van der Waals surface area contributed by atoms with Crippen LogP contribution in [0.3, 0.4) is 0 Å². The first kappa shape index (κ1) is 29.1. The minimum Gasteiger partial charge on any atom is -0.455 e. The third-order valence-corrected chi connectivity index (χ3v) is 13.1. The van der Waals surface area contributed by atoms with Crippen LogP contribution in [0.5, 0.6) is 34.5 Å². The highest BCUT2D eigenvalue weighted by atomic mass is 28.3. The van der Waals surface area contributed by atoms with E-state index in [9.17, 15) is 0 Å². The Bertz CT molecular complexity index is 2350. The van der Waals surface area contributed by atoms with E-state index in [-0.39, 0.29) is 0 Å². The van der Waals surface area contributed by atoms with Gasteiger partial charge in [0.15, 0.2) is 28.7 Å². The summed E-state index contributed by atoms with van der Waals surface area (Å²) in [4.78, 5) is 2.25. The zero-order valence-electron chi connectivity index (χ0n) is 27.3. The van der Waals surface area contributed by atoms with Crippen LogP contribution in [0, 0.1) is 0 Å². The van der Waals surface area contributed by atoms with E-state index in [1.807, 2.05) is 36.4 Å². The minimum absolute atomic E-state index is 0.658. The number of fused-ring (bicyclic) bond motifs is 4. The van der Waals surface area contributed by atoms with Gasteiger partial charge in [-0.15, -0.1) is 0 Å². The van der Waals surface area contributed by atoms with Crippen LogP contribution in [0.25, 0.3) is 22.3 Å². The van der Waals surface area contributed by atoms with Crippen molar-refractivity contribution in [3.8, 4) is 56.8 Å². The summed E-state index contributed by atoms with van der Waals surface area (Å²) in [6.45, 7) is 4.80. The molecule has 2 aliphatic heterocycles. The topological polar surface area (TPSA) is 30.9 Å². The van der Waals surface area contributed by atoms with E-state index in [4.69, 9.17) is 14.2 Å². The SMILES string of the molecule is C[Si]1(C)c2ccccc2Oc2c(N(c3ccc(-c4cccc(-c5ccccc5)c4)cc3)c3cccc4c3Oc3ccccc3O4)cccc21. The van der Waals surface area contributed by atoms with Gasteiger partial charge in [0.1, 0.15) is 13.8 Å². The molecule has 0 aliphatic carbocycles. The van der Waals surface area contributed by atoms with E-state index in [1.165, 1.54) is 21.5 Å². The highest BCUT2D eigenvalue weighted by molar-refractivity contribution is 7.01. The second-order valence-electron chi connectivity index (χ2n) is 13.0. The lowest BCUT2D eigenvalue weighted by molar-refractivity contribution is 0.360. The second kappa shape index (κ2) is 11.6. The zero-order chi connectivity index (χ0) is 33.0. The fraction of sp³-hybridized carbons (Fsp3) is 0.0455. The van der Waals surface area contributed by atoms with Crippen molar-refractivity contribution in [1.82, 2.24) is 0 Å². The van der Waals surface area contributed by atoms with E-state index in [0.29, 0.717) is 23.0 Å². The standard InChI is InChI=1S/C44H33NO3Si/c1-49(2)41-23-9-8-21-39(41)48-44-36(18-12-24-42(44)49)45(35-17-11-22-40-43(35)47-38-20-7-6-19-37(38)46-40)34-27-25-31(26-28-34)33-16-10-15-32(29-33)30-13-4-3-5-14-30/h3-29H,1-2H3. The molecule has 0 amide bonds. The monoisotopic (exact) mass is 651 g/mol. The Labute approximate surface area is 287 Å². The zero-order valence-corrected chi connectivity index (χ0v) is 28.3. The summed E-state index contributed by atoms with van der Waals surface area (Å²) >= 11 is 0. The lowest BCUT2D eigenvalue weighted by atomic mass is 9.99. The number of benzene rings is 7. The number of anilines is 3. The van der Waals surface area contributed by atoms with Gasteiger partial charge >= 0.3 is 0 Å². The molecular formula is C44H33NO3Si. The third-order valence-electron chi connectivity index (χ3n) is 9.59. The van der Waals surface area contributed by atoms with Gasteiger partial charge in [0.05, 0.1) is 11.4 Å². The molecule has 9 rings (SSSR count). The summed E-state index contributed by atoms with van der Waals surface area (Å²) in [5.74, 6) is 4.52. The van der Waals surface area contributed by atoms with Gasteiger partial charge in [-0.05, 0) is 87.2 Å². The first-order valence-electron chi connectivity index (χ1n) is 16.6. The molecule has 7 aromatic rings. The first-order chi connectivity index (χ1) is 24.0. The Kier molecular flexibility index (Phi) is 6.88. The van der Waals surface area contributed by atoms with Gasteiger partial charge < -0.3 is 19.1 Å². The maximum Gasteiger partial charge on any atom is 0.194 e. The number of nitrogens with zero attached hydrogens (tertiary/aromatic N) is 1. The van der Waals surface area contributed by atoms with Crippen LogP contribution in [-0.4, -0.2) is 8.07 Å². The number of hydrogen-bond acceptors (Lipinski definition) is 4. The normalized spacial score (nSPS) is 13.3. The third kappa shape index (κ3) is 4.98. The van der Waals surface area contributed by atoms with E-state index >= 15 is 0 Å². The van der Waals surface area contributed by atoms with Crippen LogP contribution < -0.4 is 29.5 Å². The molecule has 0 saturated heterocycles. The van der Waals surface area contributed by atoms with Crippen molar-refractivity contribution in [3.63, 3.8) is 0 Å². The van der Waals surface area contributed by atoms with E-state index < -0.39 is 8.07 Å². The minimum atomic E-state index is -2.08. The van der Waals surface area contributed by atoms with E-state index in [0.717, 1.165) is 39.7 Å². The number of para-hydroxylation sites is 5. The highest BCUT2D eigenvalue weighted by Gasteiger charge is 2.39. The van der Waals surface area contributed by atoms with E-state index in [1.54, 1.807) is 0 Å². The Balaban J connectivity index is 1.20. The summed E-state index contributed by atoms with van der Waals surface area (Å²) in [7, 11) is -2.08. The smallest absolute Gasteiger partial charge is 0.194 e. The summed E-state index contributed by atoms with van der Waals surface area (Å²) in [6.07, 6.45) is 0. The predicted molar refractivity (Wildman–Crippen MR) is 202 cm³/mol. The predicted octanol–water partition coefficient (Wildman–Crippen LogP) is 11.3. The maximum atomic E-state index is 6.84. The fourth-order valence-electron chi connectivity index (χ4n) is 7.06. The van der Waals surface area contributed by atoms with Crippen LogP contribution in [-0.2, 0) is 0 Å². The van der Waals surface area contributed by atoms with Crippen LogP contribution in [0.2, 0.25) is 13.1 Å². The van der Waals surface area contributed by atoms with E-state index in [2.05, 4.69) is 145 Å². The average Bonchev–Trinajstić information content (AvgIpc) is 3.15. The molecule has 49 heavy (non-hydrogen) atoms. The van der Waals surface area contributed by atoms with Crippen molar-refractivity contribution in [3.05, 3.63) is 164 Å². The molecule has 0 bridgehead atoms. The number of rotatable bonds is 5. The molecular weight excluding hydrogens is 619 g/mol. The lowest BCUT2D eigenvalue weighted by Gasteiger charge is -2.37. The highest BCUT2D eigenvalue weighted by Crippen LogP contribution is 2.54. The molecule has 0 fully saturated rings. The molecule has 0 saturated carbocycles. The molecule has 2 aliphatic rings. The second-order valence-corrected chi connectivity index (χ2v) is 17.3. The molecule has 5 heteroatoms. The molecule has 4 nitrogen and oxygen atoms in total. The summed E-state index contributed by atoms with van der Waals surface area (Å²) < 4.78 is 19.8. The van der Waals surface area contributed by atoms with Crippen LogP contribution in [0.15, 0.2) is 164 Å². The molecule has 0 unspecified atom stereocenters. The van der Waals surface area contributed by atoms with Gasteiger partial charge in [0, 0.05) is 5.69 Å². The van der Waals surface area contributed by atoms with Crippen molar-refractivity contribution < 1.29 is 14.2 Å². The summed E-state index contributed by atoms with van der Waals surface area (Å²) in [5.41, 5.74) is 7.48. The average molecular weight is 652 g/mol. The van der Waals surface area contributed by atoms with Crippen molar-refractivity contribution in [2.24, 2.45) is 0 Å². The quantitative estimate of drug-likeness (QED) is 0.173. The number of hydrogen-bond donors (Lipinski definition) is 0. The molecule has 0 aromatic heterocycles. The van der Waals surface area contributed by atoms with Crippen LogP contribution in [0.1, 0.15) is 0 Å². The molecule has 0 radical (unpaired) electrons. The molecule has 0 N–H and O–H groups in total. The molecule has 7 aromatic carbocycles. The molecule has 236 valence electrons. The van der Waals surface area contributed by atoms with Crippen molar-refractivity contribution in [1.29, 1.82) is 0 Å². The van der Waals surface area contributed by atoms with Crippen LogP contribution >= 0.6 is 0 Å². The maximum absolute atomic E-state index is 6.84. The van der Waals surface area contributed by atoms with Gasteiger partial charge in [-0.1, -0.05) is 122 Å². The number of ether oxygens (including phenoxy) is 3. The molecule has 0 spiro atoms. The van der Waals surface area contributed by atoms with Crippen molar-refractivity contribution in [2.45, 2.75) is 13.1 Å². The van der Waals surface area contributed by atoms with Crippen LogP contribution in [0.4, 0.5) is 17.1 Å². The van der Waals surface area contributed by atoms with Crippen molar-refractivity contribution in [2.75, 3.05) is 4.90 Å². The lowest BCUT2D eigenvalue weighted by Crippen LogP contribution is -2.56. The Morgan fingerprint density at radius 2 is 0.898 bits per heavy atom. The Hall–Kier alpha value is -6.04.